The molecule has 0 bridgehead atoms. The maximum absolute atomic E-state index is 14.0. The molecule has 5 rings (SSSR count). The van der Waals surface area contributed by atoms with Crippen LogP contribution in [0.1, 0.15) is 25.8 Å². The molecule has 0 saturated carbocycles. The fourth-order valence-electron chi connectivity index (χ4n) is 5.67. The van der Waals surface area contributed by atoms with E-state index in [1.807, 2.05) is 44.2 Å². The van der Waals surface area contributed by atoms with Gasteiger partial charge in [-0.15, -0.1) is 0 Å². The van der Waals surface area contributed by atoms with Crippen LogP contribution in [0, 0.1) is 11.8 Å². The highest BCUT2D eigenvalue weighted by atomic mass is 32.2. The van der Waals surface area contributed by atoms with E-state index in [1.54, 1.807) is 17.0 Å². The summed E-state index contributed by atoms with van der Waals surface area (Å²) in [6, 6.07) is 13.2. The number of hydrogen-bond acceptors (Lipinski definition) is 9. The fourth-order valence-corrected chi connectivity index (χ4v) is 7.31. The molecule has 2 saturated heterocycles. The van der Waals surface area contributed by atoms with Crippen molar-refractivity contribution in [2.45, 2.75) is 62.7 Å². The third-order valence-corrected chi connectivity index (χ3v) is 9.67. The predicted octanol–water partition coefficient (Wildman–Crippen LogP) is 2.14. The molecule has 43 heavy (non-hydrogen) atoms. The van der Waals surface area contributed by atoms with E-state index in [-0.39, 0.29) is 62.3 Å². The largest absolute Gasteiger partial charge is 0.443 e. The number of aliphatic hydroxyl groups is 2. The number of benzene rings is 2. The van der Waals surface area contributed by atoms with E-state index in [2.05, 4.69) is 10.3 Å². The van der Waals surface area contributed by atoms with Crippen LogP contribution in [0.25, 0.3) is 11.0 Å². The average Bonchev–Trinajstić information content (AvgIpc) is 3.70. The number of nitrogens with one attached hydrogen (secondary N) is 1. The van der Waals surface area contributed by atoms with Gasteiger partial charge in [-0.2, -0.15) is 4.31 Å². The van der Waals surface area contributed by atoms with Gasteiger partial charge in [0.25, 0.3) is 0 Å². The summed E-state index contributed by atoms with van der Waals surface area (Å²) in [6.45, 7) is 4.63. The first kappa shape index (κ1) is 31.4. The molecule has 12 nitrogen and oxygen atoms in total. The quantitative estimate of drug-likeness (QED) is 0.262. The second kappa shape index (κ2) is 13.7. The van der Waals surface area contributed by atoms with E-state index in [4.69, 9.17) is 14.2 Å². The Balaban J connectivity index is 1.36. The highest BCUT2D eigenvalue weighted by molar-refractivity contribution is 7.89. The van der Waals surface area contributed by atoms with E-state index >= 15 is 0 Å². The van der Waals surface area contributed by atoms with E-state index in [9.17, 15) is 23.4 Å². The Morgan fingerprint density at radius 3 is 2.72 bits per heavy atom. The van der Waals surface area contributed by atoms with Gasteiger partial charge in [0.15, 0.2) is 6.29 Å². The molecule has 2 aromatic carbocycles. The number of amides is 1. The van der Waals surface area contributed by atoms with Crippen LogP contribution in [0.15, 0.2) is 59.8 Å². The van der Waals surface area contributed by atoms with Crippen LogP contribution in [0.3, 0.4) is 0 Å². The minimum Gasteiger partial charge on any atom is -0.443 e. The third kappa shape index (κ3) is 7.36. The lowest BCUT2D eigenvalue weighted by atomic mass is 10.0. The molecule has 2 aliphatic rings. The molecule has 0 unspecified atom stereocenters. The first-order valence-electron chi connectivity index (χ1n) is 14.6. The number of alkyl carbamates (subject to hydrolysis) is 1. The van der Waals surface area contributed by atoms with Gasteiger partial charge in [-0.1, -0.05) is 44.2 Å². The van der Waals surface area contributed by atoms with Crippen molar-refractivity contribution >= 4 is 27.1 Å². The number of hydrogen-bond donors (Lipinski definition) is 3. The van der Waals surface area contributed by atoms with Crippen LogP contribution in [0.5, 0.6) is 0 Å². The van der Waals surface area contributed by atoms with Crippen molar-refractivity contribution in [2.24, 2.45) is 11.8 Å². The SMILES string of the molecule is CC(C)CN(C[C@@H](O)[C@H](Cc1ccccc1)NC(=O)O[C@H]1CO[C@H]2OCC[C@H]21)S(=O)(=O)c1ccc2ncn(CCO)c2c1. The van der Waals surface area contributed by atoms with Crippen molar-refractivity contribution in [2.75, 3.05) is 32.9 Å². The molecule has 2 aliphatic heterocycles. The van der Waals surface area contributed by atoms with Crippen molar-refractivity contribution in [3.8, 4) is 0 Å². The Morgan fingerprint density at radius 2 is 1.98 bits per heavy atom. The van der Waals surface area contributed by atoms with Gasteiger partial charge in [0.05, 0.1) is 60.1 Å². The molecule has 234 valence electrons. The van der Waals surface area contributed by atoms with Gasteiger partial charge in [0.2, 0.25) is 10.0 Å². The Morgan fingerprint density at radius 1 is 1.19 bits per heavy atom. The van der Waals surface area contributed by atoms with Gasteiger partial charge in [0, 0.05) is 19.6 Å². The average molecular weight is 617 g/mol. The molecule has 3 heterocycles. The number of aromatic nitrogens is 2. The van der Waals surface area contributed by atoms with Gasteiger partial charge in [-0.05, 0) is 42.5 Å². The number of fused-ring (bicyclic) bond motifs is 2. The van der Waals surface area contributed by atoms with E-state index in [0.717, 1.165) is 12.0 Å². The third-order valence-electron chi connectivity index (χ3n) is 7.84. The maximum Gasteiger partial charge on any atom is 0.407 e. The second-order valence-corrected chi connectivity index (χ2v) is 13.4. The molecule has 13 heteroatoms. The van der Waals surface area contributed by atoms with Crippen LogP contribution in [-0.4, -0.2) is 96.0 Å². The zero-order valence-corrected chi connectivity index (χ0v) is 25.2. The van der Waals surface area contributed by atoms with Crippen LogP contribution < -0.4 is 5.32 Å². The zero-order valence-electron chi connectivity index (χ0n) is 24.4. The minimum atomic E-state index is -4.06. The van der Waals surface area contributed by atoms with E-state index in [1.165, 1.54) is 16.4 Å². The lowest BCUT2D eigenvalue weighted by Crippen LogP contribution is -2.51. The van der Waals surface area contributed by atoms with Gasteiger partial charge in [-0.25, -0.2) is 18.2 Å². The molecule has 0 spiro atoms. The molecule has 0 aliphatic carbocycles. The highest BCUT2D eigenvalue weighted by Crippen LogP contribution is 2.33. The maximum atomic E-state index is 14.0. The standard InChI is InChI=1S/C30H40N4O8S/c1-20(2)16-34(43(38,39)22-8-9-24-26(15-22)33(11-12-35)19-31-24)17-27(36)25(14-21-6-4-3-5-7-21)32-30(37)42-28-18-41-29-23(28)10-13-40-29/h3-9,15,19-20,23,25,27-29,35-36H,10-14,16-18H2,1-2H3,(H,32,37)/t23-,25-,27+,28-,29+/m0/s1. The highest BCUT2D eigenvalue weighted by Gasteiger charge is 2.44. The molecular weight excluding hydrogens is 576 g/mol. The van der Waals surface area contributed by atoms with Gasteiger partial charge >= 0.3 is 6.09 Å². The fraction of sp³-hybridized carbons (Fsp3) is 0.533. The first-order chi connectivity index (χ1) is 20.7. The smallest absolute Gasteiger partial charge is 0.407 e. The summed E-state index contributed by atoms with van der Waals surface area (Å²) < 4.78 is 47.7. The summed E-state index contributed by atoms with van der Waals surface area (Å²) in [5.74, 6) is -0.0824. The monoisotopic (exact) mass is 616 g/mol. The number of nitrogens with zero attached hydrogens (tertiary/aromatic N) is 3. The van der Waals surface area contributed by atoms with Crippen LogP contribution in [0.4, 0.5) is 4.79 Å². The van der Waals surface area contributed by atoms with Crippen molar-refractivity contribution in [1.82, 2.24) is 19.2 Å². The molecule has 3 N–H and O–H groups in total. The lowest BCUT2D eigenvalue weighted by molar-refractivity contribution is -0.0907. The molecule has 1 aromatic heterocycles. The number of carbonyl (C=O) groups is 1. The Labute approximate surface area is 251 Å². The summed E-state index contributed by atoms with van der Waals surface area (Å²) >= 11 is 0. The number of imidazole rings is 1. The zero-order chi connectivity index (χ0) is 30.6. The molecule has 3 aromatic rings. The summed E-state index contributed by atoms with van der Waals surface area (Å²) in [5, 5.41) is 23.7. The summed E-state index contributed by atoms with van der Waals surface area (Å²) in [7, 11) is -4.06. The summed E-state index contributed by atoms with van der Waals surface area (Å²) in [4.78, 5) is 17.4. The number of rotatable bonds is 13. The number of carbonyl (C=O) groups excluding carboxylic acids is 1. The normalized spacial score (nSPS) is 21.8. The van der Waals surface area contributed by atoms with E-state index < -0.39 is 34.4 Å². The lowest BCUT2D eigenvalue weighted by Gasteiger charge is -2.31. The van der Waals surface area contributed by atoms with Crippen molar-refractivity contribution in [3.63, 3.8) is 0 Å². The first-order valence-corrected chi connectivity index (χ1v) is 16.1. The Bertz CT molecular complexity index is 1480. The van der Waals surface area contributed by atoms with Crippen LogP contribution >= 0.6 is 0 Å². The van der Waals surface area contributed by atoms with Crippen molar-refractivity contribution in [1.29, 1.82) is 0 Å². The van der Waals surface area contributed by atoms with Gasteiger partial charge in [-0.3, -0.25) is 0 Å². The second-order valence-electron chi connectivity index (χ2n) is 11.5. The predicted molar refractivity (Wildman–Crippen MR) is 158 cm³/mol. The van der Waals surface area contributed by atoms with Crippen LogP contribution in [0.2, 0.25) is 0 Å². The van der Waals surface area contributed by atoms with E-state index in [0.29, 0.717) is 17.6 Å². The summed E-state index contributed by atoms with van der Waals surface area (Å²) in [5.41, 5.74) is 2.05. The van der Waals surface area contributed by atoms with Crippen molar-refractivity contribution < 1.29 is 37.6 Å². The molecular formula is C30H40N4O8S. The van der Waals surface area contributed by atoms with Crippen molar-refractivity contribution in [3.05, 3.63) is 60.4 Å². The molecule has 1 amide bonds. The van der Waals surface area contributed by atoms with Gasteiger partial charge in [0.1, 0.15) is 6.10 Å². The Kier molecular flexibility index (Phi) is 9.99. The minimum absolute atomic E-state index is 0.0408. The molecule has 2 fully saturated rings. The topological polar surface area (TPSA) is 152 Å². The number of aliphatic hydroxyl groups excluding tert-OH is 2. The molecule has 5 atom stereocenters. The Hall–Kier alpha value is -3.07. The summed E-state index contributed by atoms with van der Waals surface area (Å²) in [6.07, 6.45) is -0.255. The van der Waals surface area contributed by atoms with Crippen LogP contribution in [-0.2, 0) is 37.2 Å². The van der Waals surface area contributed by atoms with Gasteiger partial charge < -0.3 is 34.3 Å². The number of ether oxygens (including phenoxy) is 3. The number of sulfonamides is 1. The molecule has 0 radical (unpaired) electrons.